The molecule has 5 nitrogen and oxygen atoms in total. The molecule has 3 saturated heterocycles. The number of piperazine rings is 1. The van der Waals surface area contributed by atoms with Crippen LogP contribution in [0, 0.1) is 22.6 Å². The molecule has 1 saturated carbocycles. The lowest BCUT2D eigenvalue weighted by Crippen LogP contribution is -2.70. The SMILES string of the molecule is N#CC1(CN2C3CC2CN(CC(=O)Nc2cc(F)cc(Cl)c2)C3)CCC(F)(F)CC1. The number of carbonyl (C=O) groups is 1. The second kappa shape index (κ2) is 8.03. The number of anilines is 1. The molecule has 5 rings (SSSR count). The first-order valence-electron chi connectivity index (χ1n) is 10.2. The summed E-state index contributed by atoms with van der Waals surface area (Å²) in [5.74, 6) is -3.41. The zero-order valence-corrected chi connectivity index (χ0v) is 17.3. The van der Waals surface area contributed by atoms with Crippen molar-refractivity contribution in [2.75, 3.05) is 31.5 Å². The Hall–Kier alpha value is -1.82. The maximum atomic E-state index is 13.5. The highest BCUT2D eigenvalue weighted by molar-refractivity contribution is 6.30. The number of alkyl halides is 2. The second-order valence-corrected chi connectivity index (χ2v) is 9.30. The van der Waals surface area contributed by atoms with Crippen LogP contribution in [0.5, 0.6) is 0 Å². The van der Waals surface area contributed by atoms with Gasteiger partial charge >= 0.3 is 0 Å². The fourth-order valence-corrected chi connectivity index (χ4v) is 5.16. The number of nitrogens with zero attached hydrogens (tertiary/aromatic N) is 3. The lowest BCUT2D eigenvalue weighted by Gasteiger charge is -2.58. The lowest BCUT2D eigenvalue weighted by molar-refractivity contribution is -0.124. The van der Waals surface area contributed by atoms with Gasteiger partial charge in [-0.15, -0.1) is 0 Å². The van der Waals surface area contributed by atoms with E-state index in [0.29, 0.717) is 25.3 Å². The number of nitrogens with one attached hydrogen (secondary N) is 1. The summed E-state index contributed by atoms with van der Waals surface area (Å²) in [5.41, 5.74) is -0.381. The van der Waals surface area contributed by atoms with E-state index in [1.54, 1.807) is 0 Å². The Balaban J connectivity index is 1.29. The number of halogens is 4. The van der Waals surface area contributed by atoms with Crippen molar-refractivity contribution < 1.29 is 18.0 Å². The summed E-state index contributed by atoms with van der Waals surface area (Å²) in [4.78, 5) is 16.6. The predicted octanol–water partition coefficient (Wildman–Crippen LogP) is 3.90. The van der Waals surface area contributed by atoms with Crippen LogP contribution in [0.1, 0.15) is 32.1 Å². The van der Waals surface area contributed by atoms with Crippen molar-refractivity contribution in [3.63, 3.8) is 0 Å². The number of amides is 1. The standard InChI is InChI=1S/C21H24ClF3N4O/c22-14-5-15(23)7-16(6-14)27-19(30)11-28-9-17-8-18(10-28)29(17)13-20(12-26)1-3-21(24,25)4-2-20/h5-7,17-18H,1-4,8-11,13H2,(H,27,30). The molecule has 1 aromatic carbocycles. The Bertz CT molecular complexity index is 832. The maximum Gasteiger partial charge on any atom is 0.248 e. The maximum absolute atomic E-state index is 13.5. The molecular formula is C21H24ClF3N4O. The first kappa shape index (κ1) is 21.4. The van der Waals surface area contributed by atoms with Gasteiger partial charge in [-0.05, 0) is 37.5 Å². The molecule has 30 heavy (non-hydrogen) atoms. The second-order valence-electron chi connectivity index (χ2n) is 8.86. The number of piperidine rings is 1. The average Bonchev–Trinajstić information content (AvgIpc) is 2.66. The Morgan fingerprint density at radius 3 is 2.47 bits per heavy atom. The van der Waals surface area contributed by atoms with Gasteiger partial charge in [0.05, 0.1) is 18.0 Å². The fraction of sp³-hybridized carbons (Fsp3) is 0.619. The summed E-state index contributed by atoms with van der Waals surface area (Å²) < 4.78 is 40.5. The highest BCUT2D eigenvalue weighted by atomic mass is 35.5. The minimum atomic E-state index is -2.65. The topological polar surface area (TPSA) is 59.4 Å². The van der Waals surface area contributed by atoms with Crippen molar-refractivity contribution in [3.05, 3.63) is 29.0 Å². The quantitative estimate of drug-likeness (QED) is 0.754. The number of hydrogen-bond donors (Lipinski definition) is 1. The van der Waals surface area contributed by atoms with Gasteiger partial charge in [0.1, 0.15) is 5.82 Å². The molecule has 0 radical (unpaired) electrons. The van der Waals surface area contributed by atoms with Gasteiger partial charge in [0, 0.05) is 55.3 Å². The van der Waals surface area contributed by atoms with Gasteiger partial charge < -0.3 is 5.32 Å². The molecule has 3 heterocycles. The minimum Gasteiger partial charge on any atom is -0.325 e. The number of hydrogen-bond acceptors (Lipinski definition) is 4. The molecule has 1 aliphatic carbocycles. The van der Waals surface area contributed by atoms with Crippen molar-refractivity contribution >= 4 is 23.2 Å². The molecule has 4 fully saturated rings. The van der Waals surface area contributed by atoms with E-state index in [2.05, 4.69) is 16.3 Å². The third-order valence-electron chi connectivity index (χ3n) is 6.59. The van der Waals surface area contributed by atoms with Gasteiger partial charge in [0.2, 0.25) is 11.8 Å². The molecule has 162 valence electrons. The zero-order valence-electron chi connectivity index (χ0n) is 16.5. The average molecular weight is 441 g/mol. The number of carbonyl (C=O) groups excluding carboxylic acids is 1. The number of benzene rings is 1. The van der Waals surface area contributed by atoms with Gasteiger partial charge in [0.15, 0.2) is 0 Å². The van der Waals surface area contributed by atoms with E-state index in [-0.39, 0.29) is 55.2 Å². The monoisotopic (exact) mass is 440 g/mol. The van der Waals surface area contributed by atoms with Crippen molar-refractivity contribution in [1.82, 2.24) is 9.80 Å². The Morgan fingerprint density at radius 2 is 1.87 bits per heavy atom. The summed E-state index contributed by atoms with van der Waals surface area (Å²) >= 11 is 5.81. The van der Waals surface area contributed by atoms with E-state index < -0.39 is 17.2 Å². The molecule has 2 unspecified atom stereocenters. The summed E-state index contributed by atoms with van der Waals surface area (Å²) in [6.07, 6.45) is 1.01. The smallest absolute Gasteiger partial charge is 0.248 e. The molecule has 2 atom stereocenters. The molecule has 1 N–H and O–H groups in total. The van der Waals surface area contributed by atoms with Gasteiger partial charge in [0.25, 0.3) is 0 Å². The van der Waals surface area contributed by atoms with Crippen LogP contribution >= 0.6 is 11.6 Å². The van der Waals surface area contributed by atoms with Gasteiger partial charge in [-0.25, -0.2) is 13.2 Å². The highest BCUT2D eigenvalue weighted by Crippen LogP contribution is 2.46. The van der Waals surface area contributed by atoms with Crippen molar-refractivity contribution in [1.29, 1.82) is 5.26 Å². The van der Waals surface area contributed by atoms with Crippen LogP contribution in [0.2, 0.25) is 5.02 Å². The number of rotatable bonds is 5. The van der Waals surface area contributed by atoms with Gasteiger partial charge in [-0.2, -0.15) is 5.26 Å². The predicted molar refractivity (Wildman–Crippen MR) is 107 cm³/mol. The highest BCUT2D eigenvalue weighted by Gasteiger charge is 2.50. The summed E-state index contributed by atoms with van der Waals surface area (Å²) in [6.45, 7) is 2.08. The fourth-order valence-electron chi connectivity index (χ4n) is 4.94. The van der Waals surface area contributed by atoms with Crippen LogP contribution in [0.15, 0.2) is 18.2 Å². The van der Waals surface area contributed by atoms with Crippen LogP contribution in [0.4, 0.5) is 18.9 Å². The molecule has 3 aliphatic heterocycles. The van der Waals surface area contributed by atoms with Crippen LogP contribution in [0.25, 0.3) is 0 Å². The molecule has 2 bridgehead atoms. The van der Waals surface area contributed by atoms with Crippen LogP contribution in [-0.2, 0) is 4.79 Å². The lowest BCUT2D eigenvalue weighted by atomic mass is 9.71. The zero-order chi connectivity index (χ0) is 21.5. The number of nitriles is 1. The van der Waals surface area contributed by atoms with Gasteiger partial charge in [-0.3, -0.25) is 14.6 Å². The molecular weight excluding hydrogens is 417 g/mol. The molecule has 9 heteroatoms. The van der Waals surface area contributed by atoms with E-state index in [1.165, 1.54) is 18.2 Å². The summed E-state index contributed by atoms with van der Waals surface area (Å²) in [7, 11) is 0. The third kappa shape index (κ3) is 4.58. The van der Waals surface area contributed by atoms with E-state index in [4.69, 9.17) is 11.6 Å². The Kier molecular flexibility index (Phi) is 5.73. The van der Waals surface area contributed by atoms with Crippen LogP contribution in [0.3, 0.4) is 0 Å². The first-order chi connectivity index (χ1) is 14.2. The Morgan fingerprint density at radius 1 is 1.20 bits per heavy atom. The number of fused-ring (bicyclic) bond motifs is 2. The van der Waals surface area contributed by atoms with Crippen molar-refractivity contribution in [3.8, 4) is 6.07 Å². The molecule has 0 aromatic heterocycles. The normalized spacial score (nSPS) is 27.7. The van der Waals surface area contributed by atoms with E-state index in [1.807, 2.05) is 4.90 Å². The van der Waals surface area contributed by atoms with Crippen molar-refractivity contribution in [2.24, 2.45) is 5.41 Å². The van der Waals surface area contributed by atoms with Crippen LogP contribution < -0.4 is 5.32 Å². The first-order valence-corrected chi connectivity index (χ1v) is 10.6. The molecule has 1 aromatic rings. The Labute approximate surface area is 178 Å². The molecule has 4 aliphatic rings. The molecule has 1 amide bonds. The van der Waals surface area contributed by atoms with Crippen molar-refractivity contribution in [2.45, 2.75) is 50.1 Å². The minimum absolute atomic E-state index is 0.185. The molecule has 0 spiro atoms. The van der Waals surface area contributed by atoms with E-state index in [0.717, 1.165) is 6.42 Å². The van der Waals surface area contributed by atoms with Crippen LogP contribution in [-0.4, -0.2) is 59.9 Å². The van der Waals surface area contributed by atoms with E-state index in [9.17, 15) is 23.2 Å². The van der Waals surface area contributed by atoms with E-state index >= 15 is 0 Å². The third-order valence-corrected chi connectivity index (χ3v) is 6.81. The largest absolute Gasteiger partial charge is 0.325 e. The summed E-state index contributed by atoms with van der Waals surface area (Å²) in [6, 6.07) is 6.67. The summed E-state index contributed by atoms with van der Waals surface area (Å²) in [5, 5.41) is 12.6. The van der Waals surface area contributed by atoms with Gasteiger partial charge in [-0.1, -0.05) is 11.6 Å².